The van der Waals surface area contributed by atoms with Crippen molar-refractivity contribution in [2.24, 2.45) is 0 Å². The molecule has 0 N–H and O–H groups in total. The van der Waals surface area contributed by atoms with Crippen molar-refractivity contribution in [2.45, 2.75) is 119 Å². The third-order valence-corrected chi connectivity index (χ3v) is 17.2. The highest BCUT2D eigenvalue weighted by Crippen LogP contribution is 2.47. The van der Waals surface area contributed by atoms with E-state index in [-0.39, 0.29) is 5.41 Å². The molecule has 8 aromatic carbocycles. The highest BCUT2D eigenvalue weighted by atomic mass is 32.1. The Morgan fingerprint density at radius 2 is 1.12 bits per heavy atom. The number of pyridine rings is 1. The number of rotatable bonds is 11. The average molecular weight is 1040 g/mol. The van der Waals surface area contributed by atoms with Crippen LogP contribution < -0.4 is 9.30 Å². The fourth-order valence-electron chi connectivity index (χ4n) is 12.2. The molecule has 0 saturated heterocycles. The van der Waals surface area contributed by atoms with E-state index in [2.05, 4.69) is 268 Å². The molecule has 0 saturated carbocycles. The number of fused-ring (bicyclic) bond motifs is 8. The van der Waals surface area contributed by atoms with E-state index < -0.39 is 0 Å². The van der Waals surface area contributed by atoms with E-state index in [0.29, 0.717) is 23.7 Å². The van der Waals surface area contributed by atoms with Gasteiger partial charge in [0.15, 0.2) is 11.0 Å². The number of thiophene rings is 1. The van der Waals surface area contributed by atoms with Crippen molar-refractivity contribution in [1.29, 1.82) is 0 Å². The lowest BCUT2D eigenvalue weighted by atomic mass is 9.79. The van der Waals surface area contributed by atoms with E-state index >= 15 is 0 Å². The molecule has 390 valence electrons. The molecule has 0 bridgehead atoms. The topological polar surface area (TPSA) is 35.9 Å². The lowest BCUT2D eigenvalue weighted by molar-refractivity contribution is -0.566. The second kappa shape index (κ2) is 19.6. The highest BCUT2D eigenvalue weighted by Gasteiger charge is 2.31. The van der Waals surface area contributed by atoms with Gasteiger partial charge in [0.25, 0.3) is 6.33 Å². The maximum atomic E-state index is 7.02. The molecular weight excluding hydrogens is 969 g/mol. The lowest BCUT2D eigenvalue weighted by Crippen LogP contribution is -2.31. The van der Waals surface area contributed by atoms with Gasteiger partial charge in [-0.15, -0.1) is 11.3 Å². The molecule has 0 aliphatic heterocycles. The van der Waals surface area contributed by atoms with E-state index in [0.717, 1.165) is 45.1 Å². The van der Waals surface area contributed by atoms with Crippen molar-refractivity contribution in [2.75, 3.05) is 0 Å². The summed E-state index contributed by atoms with van der Waals surface area (Å²) in [7, 11) is 0. The van der Waals surface area contributed by atoms with Crippen LogP contribution in [0.25, 0.3) is 92.5 Å². The zero-order chi connectivity index (χ0) is 54.5. The van der Waals surface area contributed by atoms with Crippen molar-refractivity contribution in [3.63, 3.8) is 0 Å². The maximum absolute atomic E-state index is 7.02. The smallest absolute Gasteiger partial charge is 0.255 e. The van der Waals surface area contributed by atoms with Crippen LogP contribution >= 0.6 is 11.3 Å². The van der Waals surface area contributed by atoms with Crippen LogP contribution in [0.3, 0.4) is 0 Å². The Balaban J connectivity index is 1.05. The van der Waals surface area contributed by atoms with E-state index in [1.807, 2.05) is 17.5 Å². The Bertz CT molecular complexity index is 4180. The van der Waals surface area contributed by atoms with Gasteiger partial charge >= 0.3 is 0 Å². The van der Waals surface area contributed by atoms with Gasteiger partial charge in [0.2, 0.25) is 0 Å². The summed E-state index contributed by atoms with van der Waals surface area (Å²) >= 11 is 1.87. The Morgan fingerprint density at radius 3 is 1.76 bits per heavy atom. The largest absolute Gasteiger partial charge is 0.457 e. The zero-order valence-corrected chi connectivity index (χ0v) is 48.4. The van der Waals surface area contributed by atoms with Crippen LogP contribution in [0, 0.1) is 13.8 Å². The number of aromatic nitrogens is 4. The number of ether oxygens (including phenoxy) is 1. The molecule has 0 amide bonds. The summed E-state index contributed by atoms with van der Waals surface area (Å²) in [5, 5.41) is 4.98. The van der Waals surface area contributed by atoms with Crippen molar-refractivity contribution in [3.05, 3.63) is 209 Å². The number of para-hydroxylation sites is 3. The molecule has 0 atom stereocenters. The van der Waals surface area contributed by atoms with Crippen LogP contribution in [0.1, 0.15) is 139 Å². The average Bonchev–Trinajstić information content (AvgIpc) is 4.23. The van der Waals surface area contributed by atoms with Crippen LogP contribution in [0.5, 0.6) is 11.5 Å². The van der Waals surface area contributed by atoms with Crippen LogP contribution in [-0.2, 0) is 5.41 Å². The summed E-state index contributed by atoms with van der Waals surface area (Å²) in [5.41, 5.74) is 21.1. The number of nitrogens with zero attached hydrogens (tertiary/aromatic N) is 4. The molecule has 6 heteroatoms. The third kappa shape index (κ3) is 8.70. The fraction of sp³-hybridized carbons (Fsp3) is 0.250. The predicted molar refractivity (Wildman–Crippen MR) is 332 cm³/mol. The van der Waals surface area contributed by atoms with E-state index in [9.17, 15) is 0 Å². The standard InChI is InChI=1S/C72H71N4OS/c1-42(2)57-34-46(9)35-58(43(3)4)67(57)55-23-19-24-56(68-59(44(5)6)36-47(10)37-60(68)45(7)8)70(55)75-41-74(61-25-15-16-26-62(61)75)49-20-18-21-50(39-49)77-51-28-29-54-64(40-51)76(66-38-48(32-33-73-66)72(11,12)13)63-31-30-53-52-22-14-17-27-65(52)78-71(53)69(54)63/h14-45H,1-13H3/q+1. The molecule has 4 aromatic heterocycles. The molecule has 0 fully saturated rings. The highest BCUT2D eigenvalue weighted by molar-refractivity contribution is 7.26. The van der Waals surface area contributed by atoms with Gasteiger partial charge in [-0.1, -0.05) is 172 Å². The summed E-state index contributed by atoms with van der Waals surface area (Å²) in [6, 6.07) is 58.5. The van der Waals surface area contributed by atoms with Crippen LogP contribution in [0.15, 0.2) is 170 Å². The van der Waals surface area contributed by atoms with Gasteiger partial charge in [-0.25, -0.2) is 4.98 Å². The first-order chi connectivity index (χ1) is 37.4. The van der Waals surface area contributed by atoms with E-state index in [1.54, 1.807) is 0 Å². The lowest BCUT2D eigenvalue weighted by Gasteiger charge is -2.26. The van der Waals surface area contributed by atoms with Gasteiger partial charge in [-0.05, 0) is 143 Å². The molecule has 78 heavy (non-hydrogen) atoms. The van der Waals surface area contributed by atoms with Gasteiger partial charge in [-0.3, -0.25) is 4.57 Å². The molecule has 12 rings (SSSR count). The number of hydrogen-bond donors (Lipinski definition) is 0. The summed E-state index contributed by atoms with van der Waals surface area (Å²) < 4.78 is 16.8. The second-order valence-corrected chi connectivity index (χ2v) is 25.1. The Labute approximate surface area is 464 Å². The molecule has 0 radical (unpaired) electrons. The normalized spacial score (nSPS) is 12.4. The van der Waals surface area contributed by atoms with Gasteiger partial charge in [0.1, 0.15) is 28.7 Å². The zero-order valence-electron chi connectivity index (χ0n) is 47.6. The summed E-state index contributed by atoms with van der Waals surface area (Å²) in [5.74, 6) is 3.68. The molecular formula is C72H71N4OS+. The first-order valence-corrected chi connectivity index (χ1v) is 28.8. The fourth-order valence-corrected chi connectivity index (χ4v) is 13.5. The molecule has 0 spiro atoms. The van der Waals surface area contributed by atoms with Gasteiger partial charge in [0, 0.05) is 60.4 Å². The molecule has 5 nitrogen and oxygen atoms in total. The molecule has 12 aromatic rings. The van der Waals surface area contributed by atoms with E-state index in [4.69, 9.17) is 9.72 Å². The third-order valence-electron chi connectivity index (χ3n) is 16.0. The molecule has 0 aliphatic carbocycles. The first-order valence-electron chi connectivity index (χ1n) is 28.0. The van der Waals surface area contributed by atoms with Crippen molar-refractivity contribution in [1.82, 2.24) is 14.1 Å². The van der Waals surface area contributed by atoms with Crippen LogP contribution in [0.2, 0.25) is 0 Å². The monoisotopic (exact) mass is 1040 g/mol. The minimum atomic E-state index is -0.0458. The number of hydrogen-bond acceptors (Lipinski definition) is 3. The second-order valence-electron chi connectivity index (χ2n) is 24.0. The minimum absolute atomic E-state index is 0.0458. The van der Waals surface area contributed by atoms with E-state index in [1.165, 1.54) is 97.8 Å². The SMILES string of the molecule is Cc1cc(C(C)C)c(-c2cccc(-c3c(C(C)C)cc(C)cc3C(C)C)c2-[n+]2cn(-c3cccc(Oc4ccc5c6c7sc8ccccc8c7ccc6n(-c6cc(C(C)(C)C)ccn6)c5c4)c3)c3ccccc32)c(C(C)C)c1. The number of imidazole rings is 1. The summed E-state index contributed by atoms with van der Waals surface area (Å²) in [6.45, 7) is 30.0. The maximum Gasteiger partial charge on any atom is 0.255 e. The van der Waals surface area contributed by atoms with Gasteiger partial charge in [0.05, 0.1) is 11.0 Å². The predicted octanol–water partition coefficient (Wildman–Crippen LogP) is 20.3. The Hall–Kier alpha value is -7.80. The summed E-state index contributed by atoms with van der Waals surface area (Å²) in [6.07, 6.45) is 4.27. The molecule has 0 aliphatic rings. The molecule has 4 heterocycles. The number of aryl methyl sites for hydroxylation is 2. The molecule has 0 unspecified atom stereocenters. The van der Waals surface area contributed by atoms with Crippen LogP contribution in [-0.4, -0.2) is 14.1 Å². The Morgan fingerprint density at radius 1 is 0.526 bits per heavy atom. The van der Waals surface area contributed by atoms with Crippen LogP contribution in [0.4, 0.5) is 0 Å². The Kier molecular flexibility index (Phi) is 12.8. The quantitative estimate of drug-likeness (QED) is 0.121. The van der Waals surface area contributed by atoms with Crippen molar-refractivity contribution < 1.29 is 9.30 Å². The summed E-state index contributed by atoms with van der Waals surface area (Å²) in [4.78, 5) is 5.05. The van der Waals surface area contributed by atoms with Gasteiger partial charge in [-0.2, -0.15) is 9.13 Å². The van der Waals surface area contributed by atoms with Gasteiger partial charge < -0.3 is 4.74 Å². The van der Waals surface area contributed by atoms with Crippen molar-refractivity contribution in [3.8, 4) is 50.9 Å². The number of benzene rings is 8. The first kappa shape index (κ1) is 51.0. The van der Waals surface area contributed by atoms with Crippen molar-refractivity contribution >= 4 is 64.3 Å². The minimum Gasteiger partial charge on any atom is -0.457 e.